The summed E-state index contributed by atoms with van der Waals surface area (Å²) in [6, 6.07) is 9.78. The lowest BCUT2D eigenvalue weighted by atomic mass is 10.1. The molecule has 2 aromatic carbocycles. The van der Waals surface area contributed by atoms with E-state index in [1.54, 1.807) is 30.3 Å². The molecule has 1 amide bonds. The van der Waals surface area contributed by atoms with E-state index in [1.165, 1.54) is 27.4 Å². The molecule has 8 nitrogen and oxygen atoms in total. The molecular formula is C19H21NO7. The molecule has 0 unspecified atom stereocenters. The number of rotatable bonds is 9. The maximum atomic E-state index is 12.4. The van der Waals surface area contributed by atoms with Gasteiger partial charge >= 0.3 is 5.97 Å². The van der Waals surface area contributed by atoms with Crippen molar-refractivity contribution in [3.05, 3.63) is 47.5 Å². The summed E-state index contributed by atoms with van der Waals surface area (Å²) >= 11 is 0. The lowest BCUT2D eigenvalue weighted by molar-refractivity contribution is -0.139. The normalized spacial score (nSPS) is 10.0. The fourth-order valence-electron chi connectivity index (χ4n) is 2.39. The number of nitrogens with one attached hydrogen (secondary N) is 1. The van der Waals surface area contributed by atoms with Crippen LogP contribution in [0.4, 0.5) is 0 Å². The molecule has 2 rings (SSSR count). The van der Waals surface area contributed by atoms with Gasteiger partial charge in [0, 0.05) is 12.1 Å². The van der Waals surface area contributed by atoms with Crippen molar-refractivity contribution in [3.63, 3.8) is 0 Å². The van der Waals surface area contributed by atoms with Crippen LogP contribution in [-0.4, -0.2) is 44.9 Å². The molecule has 0 atom stereocenters. The van der Waals surface area contributed by atoms with Crippen LogP contribution in [-0.2, 0) is 11.3 Å². The highest BCUT2D eigenvalue weighted by molar-refractivity contribution is 5.94. The number of amides is 1. The van der Waals surface area contributed by atoms with Gasteiger partial charge in [0.2, 0.25) is 5.75 Å². The highest BCUT2D eigenvalue weighted by Gasteiger charge is 2.14. The van der Waals surface area contributed by atoms with Crippen LogP contribution in [0.3, 0.4) is 0 Å². The molecule has 0 heterocycles. The molecule has 0 aromatic heterocycles. The lowest BCUT2D eigenvalue weighted by Gasteiger charge is -2.14. The van der Waals surface area contributed by atoms with Crippen LogP contribution in [0.15, 0.2) is 36.4 Å². The minimum atomic E-state index is -1.09. The molecule has 27 heavy (non-hydrogen) atoms. The fourth-order valence-corrected chi connectivity index (χ4v) is 2.39. The average Bonchev–Trinajstić information content (AvgIpc) is 2.69. The minimum absolute atomic E-state index is 0.232. The number of ether oxygens (including phenoxy) is 4. The van der Waals surface area contributed by atoms with Crippen molar-refractivity contribution in [3.8, 4) is 23.0 Å². The number of carboxylic acids is 1. The number of methoxy groups -OCH3 is 3. The van der Waals surface area contributed by atoms with Gasteiger partial charge in [-0.2, -0.15) is 0 Å². The van der Waals surface area contributed by atoms with E-state index in [-0.39, 0.29) is 12.5 Å². The highest BCUT2D eigenvalue weighted by Crippen LogP contribution is 2.38. The molecule has 0 aliphatic carbocycles. The molecule has 0 fully saturated rings. The SMILES string of the molecule is COc1cc(CNC(=O)c2cccc(OCC(=O)O)c2)cc(OC)c1OC. The second-order valence-electron chi connectivity index (χ2n) is 5.43. The average molecular weight is 375 g/mol. The molecule has 0 spiro atoms. The van der Waals surface area contributed by atoms with E-state index in [0.717, 1.165) is 5.56 Å². The molecule has 0 radical (unpaired) electrons. The number of aliphatic carboxylic acids is 1. The summed E-state index contributed by atoms with van der Waals surface area (Å²) in [5, 5.41) is 11.4. The number of hydrogen-bond acceptors (Lipinski definition) is 6. The molecule has 2 N–H and O–H groups in total. The van der Waals surface area contributed by atoms with Crippen molar-refractivity contribution >= 4 is 11.9 Å². The Labute approximate surface area is 156 Å². The van der Waals surface area contributed by atoms with Crippen LogP contribution >= 0.6 is 0 Å². The summed E-state index contributed by atoms with van der Waals surface area (Å²) < 4.78 is 20.9. The van der Waals surface area contributed by atoms with Crippen molar-refractivity contribution in [2.24, 2.45) is 0 Å². The Morgan fingerprint density at radius 2 is 1.67 bits per heavy atom. The van der Waals surface area contributed by atoms with Crippen LogP contribution in [0.1, 0.15) is 15.9 Å². The quantitative estimate of drug-likeness (QED) is 0.692. The predicted octanol–water partition coefficient (Wildman–Crippen LogP) is 2.11. The van der Waals surface area contributed by atoms with Gasteiger partial charge in [-0.05, 0) is 35.9 Å². The second kappa shape index (κ2) is 9.33. The maximum absolute atomic E-state index is 12.4. The Morgan fingerprint density at radius 3 is 2.22 bits per heavy atom. The first kappa shape index (κ1) is 19.9. The van der Waals surface area contributed by atoms with Crippen LogP contribution in [0, 0.1) is 0 Å². The zero-order valence-corrected chi connectivity index (χ0v) is 15.3. The fraction of sp³-hybridized carbons (Fsp3) is 0.263. The van der Waals surface area contributed by atoms with Gasteiger partial charge in [-0.15, -0.1) is 0 Å². The van der Waals surface area contributed by atoms with Crippen LogP contribution < -0.4 is 24.3 Å². The standard InChI is InChI=1S/C19H21NO7/c1-24-15-7-12(8-16(25-2)18(15)26-3)10-20-19(23)13-5-4-6-14(9-13)27-11-17(21)22/h4-9H,10-11H2,1-3H3,(H,20,23)(H,21,22). The summed E-state index contributed by atoms with van der Waals surface area (Å²) in [5.41, 5.74) is 1.11. The van der Waals surface area contributed by atoms with Crippen molar-refractivity contribution < 1.29 is 33.6 Å². The molecule has 0 bridgehead atoms. The Morgan fingerprint density at radius 1 is 1.00 bits per heavy atom. The van der Waals surface area contributed by atoms with E-state index < -0.39 is 12.6 Å². The molecule has 2 aromatic rings. The third-order valence-corrected chi connectivity index (χ3v) is 3.64. The van der Waals surface area contributed by atoms with Crippen LogP contribution in [0.2, 0.25) is 0 Å². The monoisotopic (exact) mass is 375 g/mol. The highest BCUT2D eigenvalue weighted by atomic mass is 16.5. The summed E-state index contributed by atoms with van der Waals surface area (Å²) in [7, 11) is 4.55. The smallest absolute Gasteiger partial charge is 0.341 e. The van der Waals surface area contributed by atoms with Crippen molar-refractivity contribution in [2.75, 3.05) is 27.9 Å². The van der Waals surface area contributed by atoms with E-state index >= 15 is 0 Å². The number of carboxylic acid groups (broad SMARTS) is 1. The van der Waals surface area contributed by atoms with Crippen molar-refractivity contribution in [1.82, 2.24) is 5.32 Å². The van der Waals surface area contributed by atoms with Crippen molar-refractivity contribution in [1.29, 1.82) is 0 Å². The van der Waals surface area contributed by atoms with Gasteiger partial charge in [-0.3, -0.25) is 4.79 Å². The zero-order valence-electron chi connectivity index (χ0n) is 15.3. The van der Waals surface area contributed by atoms with Gasteiger partial charge in [0.25, 0.3) is 5.91 Å². The Bertz CT molecular complexity index is 794. The maximum Gasteiger partial charge on any atom is 0.341 e. The molecule has 144 valence electrons. The lowest BCUT2D eigenvalue weighted by Crippen LogP contribution is -2.23. The van der Waals surface area contributed by atoms with Gasteiger partial charge in [-0.1, -0.05) is 6.07 Å². The molecule has 0 aliphatic heterocycles. The van der Waals surface area contributed by atoms with Gasteiger partial charge in [0.05, 0.1) is 21.3 Å². The third-order valence-electron chi connectivity index (χ3n) is 3.64. The van der Waals surface area contributed by atoms with Gasteiger partial charge in [-0.25, -0.2) is 4.79 Å². The molecule has 8 heteroatoms. The van der Waals surface area contributed by atoms with Crippen LogP contribution in [0.5, 0.6) is 23.0 Å². The summed E-state index contributed by atoms with van der Waals surface area (Å²) in [5.74, 6) is 0.336. The van der Waals surface area contributed by atoms with Crippen LogP contribution in [0.25, 0.3) is 0 Å². The first-order chi connectivity index (χ1) is 13.0. The number of hydrogen-bond donors (Lipinski definition) is 2. The molecular weight excluding hydrogens is 354 g/mol. The van der Waals surface area contributed by atoms with Gasteiger partial charge < -0.3 is 29.4 Å². The van der Waals surface area contributed by atoms with Crippen molar-refractivity contribution in [2.45, 2.75) is 6.54 Å². The minimum Gasteiger partial charge on any atom is -0.493 e. The molecule has 0 saturated carbocycles. The third kappa shape index (κ3) is 5.27. The number of carbonyl (C=O) groups excluding carboxylic acids is 1. The topological polar surface area (TPSA) is 103 Å². The predicted molar refractivity (Wildman–Crippen MR) is 96.8 cm³/mol. The Balaban J connectivity index is 2.09. The number of carbonyl (C=O) groups is 2. The first-order valence-electron chi connectivity index (χ1n) is 8.00. The van der Waals surface area contributed by atoms with Gasteiger partial charge in [0.1, 0.15) is 5.75 Å². The summed E-state index contributed by atoms with van der Waals surface area (Å²) in [6.45, 7) is -0.244. The second-order valence-corrected chi connectivity index (χ2v) is 5.43. The molecule has 0 aliphatic rings. The van der Waals surface area contributed by atoms with E-state index in [9.17, 15) is 9.59 Å². The summed E-state index contributed by atoms with van der Waals surface area (Å²) in [4.78, 5) is 22.9. The molecule has 0 saturated heterocycles. The zero-order chi connectivity index (χ0) is 19.8. The summed E-state index contributed by atoms with van der Waals surface area (Å²) in [6.07, 6.45) is 0. The Hall–Kier alpha value is -3.42. The largest absolute Gasteiger partial charge is 0.493 e. The van der Waals surface area contributed by atoms with E-state index in [1.807, 2.05) is 0 Å². The first-order valence-corrected chi connectivity index (χ1v) is 8.00. The van der Waals surface area contributed by atoms with Gasteiger partial charge in [0.15, 0.2) is 18.1 Å². The number of benzene rings is 2. The Kier molecular flexibility index (Phi) is 6.87. The van der Waals surface area contributed by atoms with E-state index in [4.69, 9.17) is 24.1 Å². The van der Waals surface area contributed by atoms with E-state index in [0.29, 0.717) is 28.6 Å². The van der Waals surface area contributed by atoms with E-state index in [2.05, 4.69) is 5.32 Å².